The Morgan fingerprint density at radius 3 is 2.38 bits per heavy atom. The van der Waals surface area contributed by atoms with Crippen LogP contribution in [0.1, 0.15) is 6.92 Å². The number of ether oxygens (including phenoxy) is 3. The van der Waals surface area contributed by atoms with E-state index in [-0.39, 0.29) is 24.1 Å². The second-order valence-corrected chi connectivity index (χ2v) is 5.95. The molecular formula is C19H17N5O5. The molecule has 1 aliphatic heterocycles. The van der Waals surface area contributed by atoms with E-state index in [4.69, 9.17) is 14.2 Å². The molecule has 0 aliphatic carbocycles. The molecule has 148 valence electrons. The Hall–Kier alpha value is -4.08. The van der Waals surface area contributed by atoms with E-state index in [1.54, 1.807) is 42.5 Å². The van der Waals surface area contributed by atoms with Gasteiger partial charge in [0.15, 0.2) is 11.5 Å². The first kappa shape index (κ1) is 18.3. The van der Waals surface area contributed by atoms with Gasteiger partial charge in [0.05, 0.1) is 11.5 Å². The minimum absolute atomic E-state index is 0.0531. The van der Waals surface area contributed by atoms with Gasteiger partial charge in [0.2, 0.25) is 18.4 Å². The lowest BCUT2D eigenvalue weighted by Gasteiger charge is -2.11. The maximum Gasteiger partial charge on any atom is 0.353 e. The van der Waals surface area contributed by atoms with Crippen LogP contribution in [0.4, 0.5) is 28.7 Å². The summed E-state index contributed by atoms with van der Waals surface area (Å²) in [6.07, 6.45) is 1.25. The molecule has 1 aliphatic rings. The lowest BCUT2D eigenvalue weighted by molar-refractivity contribution is -0.383. The zero-order valence-electron chi connectivity index (χ0n) is 15.4. The second kappa shape index (κ2) is 7.89. The molecule has 1 aromatic heterocycles. The second-order valence-electron chi connectivity index (χ2n) is 5.95. The van der Waals surface area contributed by atoms with Gasteiger partial charge in [-0.2, -0.15) is 0 Å². The molecule has 2 aromatic carbocycles. The predicted octanol–water partition coefficient (Wildman–Crippen LogP) is 4.00. The number of hydrogen-bond donors (Lipinski definition) is 2. The van der Waals surface area contributed by atoms with Crippen molar-refractivity contribution in [2.24, 2.45) is 0 Å². The molecule has 0 amide bonds. The van der Waals surface area contributed by atoms with Crippen LogP contribution in [-0.4, -0.2) is 28.3 Å². The van der Waals surface area contributed by atoms with Crippen LogP contribution in [0.5, 0.6) is 17.2 Å². The van der Waals surface area contributed by atoms with Crippen LogP contribution < -0.4 is 24.8 Å². The van der Waals surface area contributed by atoms with E-state index >= 15 is 0 Å². The van der Waals surface area contributed by atoms with Gasteiger partial charge in [-0.25, -0.2) is 9.97 Å². The molecule has 0 spiro atoms. The molecule has 0 saturated carbocycles. The van der Waals surface area contributed by atoms with Crippen molar-refractivity contribution in [2.75, 3.05) is 24.0 Å². The smallest absolute Gasteiger partial charge is 0.353 e. The largest absolute Gasteiger partial charge is 0.494 e. The maximum atomic E-state index is 11.7. The van der Waals surface area contributed by atoms with Crippen LogP contribution in [0.25, 0.3) is 0 Å². The van der Waals surface area contributed by atoms with E-state index in [9.17, 15) is 10.1 Å². The highest BCUT2D eigenvalue weighted by Crippen LogP contribution is 2.37. The van der Waals surface area contributed by atoms with Gasteiger partial charge >= 0.3 is 5.69 Å². The number of hydrogen-bond acceptors (Lipinski definition) is 9. The number of rotatable bonds is 7. The average Bonchev–Trinajstić information content (AvgIpc) is 3.17. The maximum absolute atomic E-state index is 11.7. The van der Waals surface area contributed by atoms with Crippen molar-refractivity contribution in [3.05, 3.63) is 58.9 Å². The van der Waals surface area contributed by atoms with Crippen molar-refractivity contribution in [1.82, 2.24) is 9.97 Å². The fraction of sp³-hybridized carbons (Fsp3) is 0.158. The highest BCUT2D eigenvalue weighted by atomic mass is 16.7. The Balaban J connectivity index is 1.61. The van der Waals surface area contributed by atoms with Gasteiger partial charge in [0, 0.05) is 17.4 Å². The highest BCUT2D eigenvalue weighted by molar-refractivity contribution is 5.77. The van der Waals surface area contributed by atoms with Crippen molar-refractivity contribution in [1.29, 1.82) is 0 Å². The molecule has 10 heteroatoms. The Labute approximate surface area is 165 Å². The molecule has 29 heavy (non-hydrogen) atoms. The number of fused-ring (bicyclic) bond motifs is 1. The third-order valence-corrected chi connectivity index (χ3v) is 4.07. The predicted molar refractivity (Wildman–Crippen MR) is 105 cm³/mol. The number of nitro groups is 1. The van der Waals surface area contributed by atoms with Crippen molar-refractivity contribution in [3.8, 4) is 17.2 Å². The zero-order chi connectivity index (χ0) is 20.2. The van der Waals surface area contributed by atoms with Crippen LogP contribution in [-0.2, 0) is 0 Å². The Morgan fingerprint density at radius 2 is 1.69 bits per heavy atom. The quantitative estimate of drug-likeness (QED) is 0.451. The minimum Gasteiger partial charge on any atom is -0.494 e. The summed E-state index contributed by atoms with van der Waals surface area (Å²) in [6, 6.07) is 12.2. The van der Waals surface area contributed by atoms with Crippen LogP contribution >= 0.6 is 0 Å². The van der Waals surface area contributed by atoms with Crippen LogP contribution in [0.2, 0.25) is 0 Å². The van der Waals surface area contributed by atoms with Crippen LogP contribution in [0.3, 0.4) is 0 Å². The van der Waals surface area contributed by atoms with E-state index in [1.165, 1.54) is 6.33 Å². The number of nitrogens with zero attached hydrogens (tertiary/aromatic N) is 3. The first-order chi connectivity index (χ1) is 14.1. The van der Waals surface area contributed by atoms with E-state index < -0.39 is 4.92 Å². The normalized spacial score (nSPS) is 11.8. The molecule has 0 fully saturated rings. The number of nitrogens with one attached hydrogen (secondary N) is 2. The topological polar surface area (TPSA) is 121 Å². The summed E-state index contributed by atoms with van der Waals surface area (Å²) in [7, 11) is 0. The summed E-state index contributed by atoms with van der Waals surface area (Å²) in [4.78, 5) is 19.3. The van der Waals surface area contributed by atoms with Crippen molar-refractivity contribution in [2.45, 2.75) is 6.92 Å². The molecule has 3 aromatic rings. The van der Waals surface area contributed by atoms with Gasteiger partial charge in [-0.3, -0.25) is 10.1 Å². The van der Waals surface area contributed by atoms with Gasteiger partial charge in [0.25, 0.3) is 0 Å². The van der Waals surface area contributed by atoms with Crippen LogP contribution in [0, 0.1) is 10.1 Å². The van der Waals surface area contributed by atoms with Gasteiger partial charge in [0.1, 0.15) is 12.1 Å². The van der Waals surface area contributed by atoms with E-state index in [2.05, 4.69) is 20.6 Å². The Morgan fingerprint density at radius 1 is 1.03 bits per heavy atom. The van der Waals surface area contributed by atoms with Gasteiger partial charge in [-0.15, -0.1) is 0 Å². The van der Waals surface area contributed by atoms with Crippen molar-refractivity contribution < 1.29 is 19.1 Å². The average molecular weight is 395 g/mol. The third kappa shape index (κ3) is 3.95. The fourth-order valence-electron chi connectivity index (χ4n) is 2.78. The summed E-state index contributed by atoms with van der Waals surface area (Å²) in [6.45, 7) is 2.59. The van der Waals surface area contributed by atoms with Gasteiger partial charge < -0.3 is 24.8 Å². The van der Waals surface area contributed by atoms with Crippen molar-refractivity contribution in [3.63, 3.8) is 0 Å². The molecule has 0 saturated heterocycles. The molecule has 10 nitrogen and oxygen atoms in total. The lowest BCUT2D eigenvalue weighted by Crippen LogP contribution is -2.05. The van der Waals surface area contributed by atoms with Crippen LogP contribution in [0.15, 0.2) is 48.8 Å². The highest BCUT2D eigenvalue weighted by Gasteiger charge is 2.24. The molecule has 0 radical (unpaired) electrons. The molecule has 2 N–H and O–H groups in total. The SMILES string of the molecule is CCOc1ccc(Nc2ncnc(Nc3ccc4c(c3)OCO4)c2[N+](=O)[O-])cc1. The fourth-order valence-corrected chi connectivity index (χ4v) is 2.78. The molecular weight excluding hydrogens is 378 g/mol. The first-order valence-electron chi connectivity index (χ1n) is 8.80. The van der Waals surface area contributed by atoms with Gasteiger partial charge in [-0.05, 0) is 43.3 Å². The molecule has 4 rings (SSSR count). The number of benzene rings is 2. The van der Waals surface area contributed by atoms with E-state index in [0.29, 0.717) is 35.2 Å². The standard InChI is InChI=1S/C19H17N5O5/c1-2-27-14-6-3-12(4-7-14)22-18-17(24(25)26)19(21-10-20-18)23-13-5-8-15-16(9-13)29-11-28-15/h3-10H,2,11H2,1H3,(H2,20,21,22,23). The Bertz CT molecular complexity index is 1040. The lowest BCUT2D eigenvalue weighted by atomic mass is 10.2. The zero-order valence-corrected chi connectivity index (χ0v) is 15.4. The summed E-state index contributed by atoms with van der Waals surface area (Å²) in [5.74, 6) is 2.00. The van der Waals surface area contributed by atoms with E-state index in [1.807, 2.05) is 6.92 Å². The summed E-state index contributed by atoms with van der Waals surface area (Å²) in [5.41, 5.74) is 0.923. The summed E-state index contributed by atoms with van der Waals surface area (Å²) >= 11 is 0. The number of anilines is 4. The first-order valence-corrected chi connectivity index (χ1v) is 8.80. The minimum atomic E-state index is -0.536. The monoisotopic (exact) mass is 395 g/mol. The third-order valence-electron chi connectivity index (χ3n) is 4.07. The summed E-state index contributed by atoms with van der Waals surface area (Å²) < 4.78 is 16.0. The molecule has 0 atom stereocenters. The Kier molecular flexibility index (Phi) is 4.97. The van der Waals surface area contributed by atoms with E-state index in [0.717, 1.165) is 0 Å². The molecule has 0 unspecified atom stereocenters. The van der Waals surface area contributed by atoms with Gasteiger partial charge in [-0.1, -0.05) is 0 Å². The number of aromatic nitrogens is 2. The van der Waals surface area contributed by atoms with Crippen molar-refractivity contribution >= 4 is 28.7 Å². The molecule has 2 heterocycles. The molecule has 0 bridgehead atoms. The summed E-state index contributed by atoms with van der Waals surface area (Å²) in [5, 5.41) is 17.6.